The summed E-state index contributed by atoms with van der Waals surface area (Å²) in [6.45, 7) is 0.742. The molecule has 1 amide bonds. The molecule has 4 aromatic rings. The summed E-state index contributed by atoms with van der Waals surface area (Å²) in [5.74, 6) is -0.191. The molecule has 9 nitrogen and oxygen atoms in total. The number of halogens is 5. The minimum atomic E-state index is -4.88. The minimum Gasteiger partial charge on any atom is -0.345 e. The molecule has 0 radical (unpaired) electrons. The van der Waals surface area contributed by atoms with E-state index < -0.39 is 36.3 Å². The van der Waals surface area contributed by atoms with Gasteiger partial charge in [-0.05, 0) is 30.2 Å². The second-order valence-corrected chi connectivity index (χ2v) is 7.84. The molecular formula is C23H20F5N7O2. The standard InChI is InChI=1S/C23H20F5N7O2/c1-2-13-9-14(3-4-15(13)22(37)30-6-8-36)32-20-21-31-10-17(35(21)7-5-29-20)16-11-34(12-18(24)25)33-19(16)23(26,27)28/h3-5,7-11,18H,2,6,12H2,1H3,(H,29,32)(H,30,37). The fraction of sp³-hybridized carbons (Fsp3) is 0.261. The van der Waals surface area contributed by atoms with Gasteiger partial charge in [0, 0.05) is 29.8 Å². The molecule has 194 valence electrons. The zero-order valence-electron chi connectivity index (χ0n) is 19.3. The zero-order chi connectivity index (χ0) is 26.7. The highest BCUT2D eigenvalue weighted by molar-refractivity contribution is 5.97. The molecule has 0 aliphatic heterocycles. The zero-order valence-corrected chi connectivity index (χ0v) is 19.3. The molecule has 0 saturated heterocycles. The molecule has 0 unspecified atom stereocenters. The van der Waals surface area contributed by atoms with Crippen LogP contribution in [0.5, 0.6) is 0 Å². The minimum absolute atomic E-state index is 0.00950. The first-order valence-corrected chi connectivity index (χ1v) is 11.0. The lowest BCUT2D eigenvalue weighted by atomic mass is 10.0. The van der Waals surface area contributed by atoms with E-state index >= 15 is 0 Å². The van der Waals surface area contributed by atoms with Gasteiger partial charge < -0.3 is 15.4 Å². The molecule has 3 heterocycles. The molecule has 14 heteroatoms. The van der Waals surface area contributed by atoms with Crippen LogP contribution in [0.3, 0.4) is 0 Å². The number of carbonyl (C=O) groups excluding carboxylic acids is 2. The van der Waals surface area contributed by atoms with Crippen LogP contribution in [0.1, 0.15) is 28.5 Å². The Kier molecular flexibility index (Phi) is 7.18. The van der Waals surface area contributed by atoms with Gasteiger partial charge in [0.1, 0.15) is 12.8 Å². The molecule has 0 saturated carbocycles. The third-order valence-electron chi connectivity index (χ3n) is 5.40. The molecule has 1 aromatic carbocycles. The molecule has 0 bridgehead atoms. The van der Waals surface area contributed by atoms with Crippen LogP contribution >= 0.6 is 0 Å². The quantitative estimate of drug-likeness (QED) is 0.254. The number of nitrogens with one attached hydrogen (secondary N) is 2. The number of nitrogens with zero attached hydrogens (tertiary/aromatic N) is 5. The predicted octanol–water partition coefficient (Wildman–Crippen LogP) is 4.11. The Labute approximate surface area is 206 Å². The van der Waals surface area contributed by atoms with Gasteiger partial charge in [-0.15, -0.1) is 0 Å². The van der Waals surface area contributed by atoms with Crippen molar-refractivity contribution in [2.75, 3.05) is 11.9 Å². The van der Waals surface area contributed by atoms with Gasteiger partial charge in [0.25, 0.3) is 12.3 Å². The van der Waals surface area contributed by atoms with Gasteiger partial charge in [-0.3, -0.25) is 13.9 Å². The van der Waals surface area contributed by atoms with Crippen molar-refractivity contribution in [3.05, 3.63) is 59.8 Å². The van der Waals surface area contributed by atoms with Crippen molar-refractivity contribution in [1.82, 2.24) is 29.5 Å². The highest BCUT2D eigenvalue weighted by atomic mass is 19.4. The van der Waals surface area contributed by atoms with Gasteiger partial charge >= 0.3 is 6.18 Å². The Morgan fingerprint density at radius 2 is 2.00 bits per heavy atom. The SMILES string of the molecule is CCc1cc(Nc2nccn3c(-c4cn(CC(F)F)nc4C(F)(F)F)cnc23)ccc1C(=O)NCC=O. The number of rotatable bonds is 9. The number of carbonyl (C=O) groups is 2. The third-order valence-corrected chi connectivity index (χ3v) is 5.40. The number of aryl methyl sites for hydroxylation is 1. The van der Waals surface area contributed by atoms with E-state index in [0.29, 0.717) is 34.2 Å². The van der Waals surface area contributed by atoms with E-state index in [0.717, 1.165) is 6.20 Å². The predicted molar refractivity (Wildman–Crippen MR) is 123 cm³/mol. The van der Waals surface area contributed by atoms with Gasteiger partial charge in [-0.2, -0.15) is 18.3 Å². The summed E-state index contributed by atoms with van der Waals surface area (Å²) >= 11 is 0. The second-order valence-electron chi connectivity index (χ2n) is 7.84. The first kappa shape index (κ1) is 25.7. The highest BCUT2D eigenvalue weighted by Gasteiger charge is 2.38. The molecule has 0 atom stereocenters. The summed E-state index contributed by atoms with van der Waals surface area (Å²) in [5, 5.41) is 8.85. The van der Waals surface area contributed by atoms with Crippen molar-refractivity contribution in [2.45, 2.75) is 32.5 Å². The van der Waals surface area contributed by atoms with Crippen LogP contribution in [-0.4, -0.2) is 49.3 Å². The fourth-order valence-corrected chi connectivity index (χ4v) is 3.81. The topological polar surface area (TPSA) is 106 Å². The van der Waals surface area contributed by atoms with E-state index in [1.54, 1.807) is 18.2 Å². The van der Waals surface area contributed by atoms with Crippen molar-refractivity contribution in [3.8, 4) is 11.3 Å². The third kappa shape index (κ3) is 5.42. The molecule has 0 fully saturated rings. The van der Waals surface area contributed by atoms with Gasteiger partial charge in [0.15, 0.2) is 17.2 Å². The average molecular weight is 521 g/mol. The maximum absolute atomic E-state index is 13.6. The first-order valence-electron chi connectivity index (χ1n) is 11.0. The second kappa shape index (κ2) is 10.3. The van der Waals surface area contributed by atoms with Crippen LogP contribution in [0, 0.1) is 0 Å². The molecule has 0 spiro atoms. The number of fused-ring (bicyclic) bond motifs is 1. The molecule has 2 N–H and O–H groups in total. The summed E-state index contributed by atoms with van der Waals surface area (Å²) in [7, 11) is 0. The molecule has 0 aliphatic carbocycles. The van der Waals surface area contributed by atoms with Crippen LogP contribution in [-0.2, 0) is 23.9 Å². The number of hydrogen-bond donors (Lipinski definition) is 2. The fourth-order valence-electron chi connectivity index (χ4n) is 3.81. The van der Waals surface area contributed by atoms with E-state index in [2.05, 4.69) is 25.7 Å². The van der Waals surface area contributed by atoms with E-state index in [4.69, 9.17) is 0 Å². The normalized spacial score (nSPS) is 11.8. The van der Waals surface area contributed by atoms with Crippen LogP contribution in [0.15, 0.2) is 43.0 Å². The molecule has 3 aromatic heterocycles. The monoisotopic (exact) mass is 521 g/mol. The maximum atomic E-state index is 13.6. The Hall–Kier alpha value is -4.36. The number of aromatic nitrogens is 5. The lowest BCUT2D eigenvalue weighted by Crippen LogP contribution is -2.26. The van der Waals surface area contributed by atoms with Gasteiger partial charge in [-0.1, -0.05) is 6.92 Å². The Morgan fingerprint density at radius 3 is 2.68 bits per heavy atom. The van der Waals surface area contributed by atoms with E-state index in [9.17, 15) is 31.5 Å². The summed E-state index contributed by atoms with van der Waals surface area (Å²) in [4.78, 5) is 31.2. The smallest absolute Gasteiger partial charge is 0.345 e. The number of alkyl halides is 5. The molecule has 4 rings (SSSR count). The lowest BCUT2D eigenvalue weighted by Gasteiger charge is -2.12. The molecule has 37 heavy (non-hydrogen) atoms. The molecular weight excluding hydrogens is 501 g/mol. The largest absolute Gasteiger partial charge is 0.435 e. The molecule has 0 aliphatic rings. The summed E-state index contributed by atoms with van der Waals surface area (Å²) in [6, 6.07) is 4.90. The summed E-state index contributed by atoms with van der Waals surface area (Å²) < 4.78 is 68.3. The first-order chi connectivity index (χ1) is 17.6. The van der Waals surface area contributed by atoms with Crippen molar-refractivity contribution < 1.29 is 31.5 Å². The van der Waals surface area contributed by atoms with Crippen LogP contribution in [0.2, 0.25) is 0 Å². The van der Waals surface area contributed by atoms with E-state index in [-0.39, 0.29) is 23.7 Å². The van der Waals surface area contributed by atoms with Crippen LogP contribution in [0.4, 0.5) is 33.5 Å². The Bertz CT molecular complexity index is 1450. The number of hydrogen-bond acceptors (Lipinski definition) is 6. The summed E-state index contributed by atoms with van der Waals surface area (Å²) in [5.41, 5.74) is 0.0712. The summed E-state index contributed by atoms with van der Waals surface area (Å²) in [6.07, 6.45) is -1.85. The van der Waals surface area contributed by atoms with Gasteiger partial charge in [0.05, 0.1) is 24.0 Å². The van der Waals surface area contributed by atoms with Crippen molar-refractivity contribution in [2.24, 2.45) is 0 Å². The van der Waals surface area contributed by atoms with Crippen LogP contribution < -0.4 is 10.6 Å². The number of amides is 1. The van der Waals surface area contributed by atoms with Crippen molar-refractivity contribution in [1.29, 1.82) is 0 Å². The van der Waals surface area contributed by atoms with Gasteiger partial charge in [-0.25, -0.2) is 18.7 Å². The number of anilines is 2. The van der Waals surface area contributed by atoms with Crippen LogP contribution in [0.25, 0.3) is 16.9 Å². The van der Waals surface area contributed by atoms with E-state index in [1.807, 2.05) is 6.92 Å². The number of benzene rings is 1. The Balaban J connectivity index is 1.70. The van der Waals surface area contributed by atoms with Crippen molar-refractivity contribution in [3.63, 3.8) is 0 Å². The van der Waals surface area contributed by atoms with E-state index in [1.165, 1.54) is 23.0 Å². The number of imidazole rings is 1. The highest BCUT2D eigenvalue weighted by Crippen LogP contribution is 2.37. The van der Waals surface area contributed by atoms with Gasteiger partial charge in [0.2, 0.25) is 0 Å². The number of aldehydes is 1. The average Bonchev–Trinajstić information content (AvgIpc) is 3.46. The Morgan fingerprint density at radius 1 is 1.22 bits per heavy atom. The maximum Gasteiger partial charge on any atom is 0.435 e. The van der Waals surface area contributed by atoms with Crippen molar-refractivity contribution >= 4 is 29.3 Å². The lowest BCUT2D eigenvalue weighted by molar-refractivity contribution is -0.141.